The molecule has 0 aliphatic carbocycles. The van der Waals surface area contributed by atoms with Crippen molar-refractivity contribution in [1.29, 1.82) is 5.26 Å². The molecule has 1 aliphatic heterocycles. The van der Waals surface area contributed by atoms with Gasteiger partial charge >= 0.3 is 0 Å². The van der Waals surface area contributed by atoms with E-state index in [0.717, 1.165) is 12.8 Å². The molecule has 7 nitrogen and oxygen atoms in total. The molecule has 0 bridgehead atoms. The maximum absolute atomic E-state index is 12.7. The van der Waals surface area contributed by atoms with Gasteiger partial charge in [0.05, 0.1) is 16.5 Å². The molecule has 1 amide bonds. The highest BCUT2D eigenvalue weighted by atomic mass is 32.2. The summed E-state index contributed by atoms with van der Waals surface area (Å²) < 4.78 is 32.4. The molecule has 0 spiro atoms. The van der Waals surface area contributed by atoms with Crippen LogP contribution in [0.25, 0.3) is 0 Å². The summed E-state index contributed by atoms with van der Waals surface area (Å²) in [5.74, 6) is 0.664. The van der Waals surface area contributed by atoms with Crippen molar-refractivity contribution in [2.75, 3.05) is 25.0 Å². The predicted molar refractivity (Wildman–Crippen MR) is 109 cm³/mol. The average molecular weight is 413 g/mol. The number of hydrogen-bond donors (Lipinski definition) is 1. The summed E-state index contributed by atoms with van der Waals surface area (Å²) in [6.45, 7) is 3.01. The van der Waals surface area contributed by atoms with Crippen LogP contribution >= 0.6 is 0 Å². The van der Waals surface area contributed by atoms with E-state index in [1.807, 2.05) is 6.07 Å². The quantitative estimate of drug-likeness (QED) is 0.785. The Bertz CT molecular complexity index is 988. The summed E-state index contributed by atoms with van der Waals surface area (Å²) in [5.41, 5.74) is 1.00. The fourth-order valence-corrected chi connectivity index (χ4v) is 4.53. The molecule has 1 fully saturated rings. The zero-order valence-electron chi connectivity index (χ0n) is 16.2. The third kappa shape index (κ3) is 5.34. The molecule has 1 heterocycles. The number of nitrogens with one attached hydrogen (secondary N) is 1. The van der Waals surface area contributed by atoms with Gasteiger partial charge in [0.2, 0.25) is 10.0 Å². The largest absolute Gasteiger partial charge is 0.484 e. The van der Waals surface area contributed by atoms with Crippen LogP contribution in [0.15, 0.2) is 53.4 Å². The molecule has 0 atom stereocenters. The molecule has 0 saturated carbocycles. The second kappa shape index (κ2) is 9.07. The highest BCUT2D eigenvalue weighted by Gasteiger charge is 2.27. The van der Waals surface area contributed by atoms with E-state index >= 15 is 0 Å². The second-order valence-electron chi connectivity index (χ2n) is 7.08. The molecule has 0 radical (unpaired) electrons. The first-order valence-electron chi connectivity index (χ1n) is 9.41. The molecule has 8 heteroatoms. The zero-order chi connectivity index (χ0) is 20.9. The van der Waals surface area contributed by atoms with Gasteiger partial charge in [-0.2, -0.15) is 9.57 Å². The molecule has 0 aromatic heterocycles. The van der Waals surface area contributed by atoms with Gasteiger partial charge in [-0.05, 0) is 67.3 Å². The van der Waals surface area contributed by atoms with Crippen molar-refractivity contribution in [2.45, 2.75) is 24.7 Å². The van der Waals surface area contributed by atoms with Crippen LogP contribution in [-0.4, -0.2) is 38.3 Å². The van der Waals surface area contributed by atoms with Gasteiger partial charge in [-0.15, -0.1) is 0 Å². The van der Waals surface area contributed by atoms with Crippen molar-refractivity contribution < 1.29 is 17.9 Å². The molecule has 152 valence electrons. The Hall–Kier alpha value is -2.89. The number of sulfonamides is 1. The molecule has 1 N–H and O–H groups in total. The Kier molecular flexibility index (Phi) is 6.52. The minimum Gasteiger partial charge on any atom is -0.484 e. The standard InChI is InChI=1S/C21H23N3O4S/c1-16-10-12-24(13-11-16)29(26,27)20-8-4-18(5-9-20)23-21(25)15-28-19-6-2-17(14-22)3-7-19/h2-9,16H,10-13,15H2,1H3,(H,23,25). The summed E-state index contributed by atoms with van der Waals surface area (Å²) in [4.78, 5) is 12.3. The lowest BCUT2D eigenvalue weighted by Gasteiger charge is -2.29. The lowest BCUT2D eigenvalue weighted by atomic mass is 10.0. The first-order valence-corrected chi connectivity index (χ1v) is 10.9. The highest BCUT2D eigenvalue weighted by Crippen LogP contribution is 2.24. The number of piperidine rings is 1. The van der Waals surface area contributed by atoms with Crippen LogP contribution < -0.4 is 10.1 Å². The van der Waals surface area contributed by atoms with Crippen molar-refractivity contribution in [1.82, 2.24) is 4.31 Å². The Morgan fingerprint density at radius 3 is 2.34 bits per heavy atom. The van der Waals surface area contributed by atoms with Crippen molar-refractivity contribution in [3.63, 3.8) is 0 Å². The van der Waals surface area contributed by atoms with Crippen LogP contribution in [-0.2, 0) is 14.8 Å². The summed E-state index contributed by atoms with van der Waals surface area (Å²) in [5, 5.41) is 11.4. The number of nitrogens with zero attached hydrogens (tertiary/aromatic N) is 2. The first kappa shape index (κ1) is 20.8. The molecule has 2 aromatic carbocycles. The maximum Gasteiger partial charge on any atom is 0.262 e. The number of ether oxygens (including phenoxy) is 1. The number of amides is 1. The van der Waals surface area contributed by atoms with Crippen molar-refractivity contribution >= 4 is 21.6 Å². The molecule has 1 aliphatic rings. The van der Waals surface area contributed by atoms with Gasteiger partial charge in [0.25, 0.3) is 5.91 Å². The van der Waals surface area contributed by atoms with Crippen molar-refractivity contribution in [3.05, 3.63) is 54.1 Å². The van der Waals surface area contributed by atoms with E-state index in [9.17, 15) is 13.2 Å². The lowest BCUT2D eigenvalue weighted by molar-refractivity contribution is -0.118. The van der Waals surface area contributed by atoms with E-state index in [4.69, 9.17) is 10.00 Å². The minimum atomic E-state index is -3.51. The summed E-state index contributed by atoms with van der Waals surface area (Å²) in [6, 6.07) is 14.6. The number of benzene rings is 2. The van der Waals surface area contributed by atoms with Crippen molar-refractivity contribution in [3.8, 4) is 11.8 Å². The fourth-order valence-electron chi connectivity index (χ4n) is 3.06. The van der Waals surface area contributed by atoms with E-state index in [1.54, 1.807) is 36.4 Å². The van der Waals surface area contributed by atoms with Crippen LogP contribution in [0.2, 0.25) is 0 Å². The SMILES string of the molecule is CC1CCN(S(=O)(=O)c2ccc(NC(=O)COc3ccc(C#N)cc3)cc2)CC1. The molecular formula is C21H23N3O4S. The van der Waals surface area contributed by atoms with Gasteiger partial charge in [-0.3, -0.25) is 4.79 Å². The predicted octanol–water partition coefficient (Wildman–Crippen LogP) is 3.00. The number of hydrogen-bond acceptors (Lipinski definition) is 5. The van der Waals surface area contributed by atoms with Gasteiger partial charge < -0.3 is 10.1 Å². The summed E-state index contributed by atoms with van der Waals surface area (Å²) in [6.07, 6.45) is 1.74. The number of anilines is 1. The van der Waals surface area contributed by atoms with Gasteiger partial charge in [0.15, 0.2) is 6.61 Å². The lowest BCUT2D eigenvalue weighted by Crippen LogP contribution is -2.37. The Balaban J connectivity index is 1.55. The third-order valence-corrected chi connectivity index (χ3v) is 6.78. The van der Waals surface area contributed by atoms with Crippen LogP contribution in [0.4, 0.5) is 5.69 Å². The van der Waals surface area contributed by atoms with Gasteiger partial charge in [-0.1, -0.05) is 6.92 Å². The molecule has 2 aromatic rings. The van der Waals surface area contributed by atoms with Crippen LogP contribution in [0.3, 0.4) is 0 Å². The summed E-state index contributed by atoms with van der Waals surface area (Å²) in [7, 11) is -3.51. The Morgan fingerprint density at radius 2 is 1.76 bits per heavy atom. The maximum atomic E-state index is 12.7. The first-order chi connectivity index (χ1) is 13.9. The van der Waals surface area contributed by atoms with Crippen LogP contribution in [0.5, 0.6) is 5.75 Å². The topological polar surface area (TPSA) is 99.5 Å². The van der Waals surface area contributed by atoms with E-state index in [2.05, 4.69) is 12.2 Å². The Labute approximate surface area is 171 Å². The second-order valence-corrected chi connectivity index (χ2v) is 9.02. The van der Waals surface area contributed by atoms with E-state index in [-0.39, 0.29) is 17.4 Å². The van der Waals surface area contributed by atoms with Gasteiger partial charge in [0, 0.05) is 18.8 Å². The van der Waals surface area contributed by atoms with E-state index in [1.165, 1.54) is 16.4 Å². The van der Waals surface area contributed by atoms with Crippen LogP contribution in [0.1, 0.15) is 25.3 Å². The fraction of sp³-hybridized carbons (Fsp3) is 0.333. The number of nitriles is 1. The van der Waals surface area contributed by atoms with Gasteiger partial charge in [0.1, 0.15) is 5.75 Å². The molecule has 29 heavy (non-hydrogen) atoms. The minimum absolute atomic E-state index is 0.197. The zero-order valence-corrected chi connectivity index (χ0v) is 17.0. The van der Waals surface area contributed by atoms with E-state index in [0.29, 0.717) is 36.0 Å². The smallest absolute Gasteiger partial charge is 0.262 e. The molecule has 0 unspecified atom stereocenters. The Morgan fingerprint density at radius 1 is 1.14 bits per heavy atom. The van der Waals surface area contributed by atoms with Gasteiger partial charge in [-0.25, -0.2) is 8.42 Å². The normalized spacial score (nSPS) is 15.4. The molecule has 1 saturated heterocycles. The van der Waals surface area contributed by atoms with E-state index < -0.39 is 10.0 Å². The number of rotatable bonds is 6. The van der Waals surface area contributed by atoms with Crippen molar-refractivity contribution in [2.24, 2.45) is 5.92 Å². The summed E-state index contributed by atoms with van der Waals surface area (Å²) >= 11 is 0. The molecule has 3 rings (SSSR count). The number of carbonyl (C=O) groups excluding carboxylic acids is 1. The molecular weight excluding hydrogens is 390 g/mol. The third-order valence-electron chi connectivity index (χ3n) is 4.87. The highest BCUT2D eigenvalue weighted by molar-refractivity contribution is 7.89. The monoisotopic (exact) mass is 413 g/mol. The van der Waals surface area contributed by atoms with Crippen LogP contribution in [0, 0.1) is 17.2 Å². The number of carbonyl (C=O) groups is 1. The average Bonchev–Trinajstić information content (AvgIpc) is 2.73.